The predicted octanol–water partition coefficient (Wildman–Crippen LogP) is 4.43. The van der Waals surface area contributed by atoms with Crippen LogP contribution >= 0.6 is 8.58 Å². The molecule has 4 nitrogen and oxygen atoms in total. The van der Waals surface area contributed by atoms with Gasteiger partial charge in [0.25, 0.3) is 6.17 Å². The van der Waals surface area contributed by atoms with Crippen LogP contribution in [0.1, 0.15) is 44.6 Å². The van der Waals surface area contributed by atoms with Gasteiger partial charge in [-0.1, -0.05) is 43.5 Å². The van der Waals surface area contributed by atoms with E-state index in [1.807, 2.05) is 19.1 Å². The molecule has 7 heteroatoms. The van der Waals surface area contributed by atoms with Crippen molar-refractivity contribution >= 4 is 26.4 Å². The van der Waals surface area contributed by atoms with Crippen molar-refractivity contribution in [2.75, 3.05) is 13.2 Å². The van der Waals surface area contributed by atoms with Gasteiger partial charge in [0.1, 0.15) is 5.84 Å². The second-order valence-corrected chi connectivity index (χ2v) is 8.34. The monoisotopic (exact) mass is 408 g/mol. The average molecular weight is 408 g/mol. The van der Waals surface area contributed by atoms with Gasteiger partial charge < -0.3 is 5.32 Å². The van der Waals surface area contributed by atoms with E-state index in [4.69, 9.17) is 0 Å². The molecule has 28 heavy (non-hydrogen) atoms. The van der Waals surface area contributed by atoms with Crippen molar-refractivity contribution in [3.05, 3.63) is 41.6 Å². The molecule has 1 aliphatic carbocycles. The fourth-order valence-corrected chi connectivity index (χ4v) is 4.19. The Bertz CT molecular complexity index is 670. The van der Waals surface area contributed by atoms with E-state index >= 15 is 0 Å². The molecule has 2 rings (SSSR count). The quantitative estimate of drug-likeness (QED) is 0.260. The van der Waals surface area contributed by atoms with Crippen molar-refractivity contribution in [3.8, 4) is 0 Å². The number of halogens is 2. The number of aliphatic imine (C=N–C) groups is 2. The molecule has 0 heterocycles. The highest BCUT2D eigenvalue weighted by Crippen LogP contribution is 2.23. The van der Waals surface area contributed by atoms with E-state index in [0.717, 1.165) is 23.5 Å². The third-order valence-corrected chi connectivity index (χ3v) is 5.90. The van der Waals surface area contributed by atoms with Crippen LogP contribution in [0.25, 0.3) is 0 Å². The minimum Gasteiger partial charge on any atom is -0.370 e. The summed E-state index contributed by atoms with van der Waals surface area (Å²) < 4.78 is 25.5. The minimum absolute atomic E-state index is 0.404. The second kappa shape index (κ2) is 12.7. The number of rotatable bonds is 10. The number of benzene rings is 1. The first kappa shape index (κ1) is 22.6. The molecule has 0 radical (unpaired) electrons. The number of nitrogens with one attached hydrogen (secondary N) is 2. The van der Waals surface area contributed by atoms with Gasteiger partial charge in [-0.05, 0) is 51.8 Å². The highest BCUT2D eigenvalue weighted by molar-refractivity contribution is 7.47. The molecule has 0 bridgehead atoms. The van der Waals surface area contributed by atoms with Crippen LogP contribution in [0.4, 0.5) is 8.78 Å². The summed E-state index contributed by atoms with van der Waals surface area (Å²) in [6.45, 7) is 7.31. The van der Waals surface area contributed by atoms with E-state index < -0.39 is 14.7 Å². The molecule has 1 unspecified atom stereocenters. The van der Waals surface area contributed by atoms with Gasteiger partial charge in [-0.15, -0.1) is 0 Å². The number of hydrogen-bond acceptors (Lipinski definition) is 3. The summed E-state index contributed by atoms with van der Waals surface area (Å²) in [6.07, 6.45) is 5.88. The third kappa shape index (κ3) is 8.15. The van der Waals surface area contributed by atoms with Gasteiger partial charge in [-0.25, -0.2) is 8.78 Å². The third-order valence-electron chi connectivity index (χ3n) is 4.89. The summed E-state index contributed by atoms with van der Waals surface area (Å²) in [6, 6.07) is 7.33. The Morgan fingerprint density at radius 3 is 2.75 bits per heavy atom. The predicted molar refractivity (Wildman–Crippen MR) is 117 cm³/mol. The first-order valence-corrected chi connectivity index (χ1v) is 10.9. The van der Waals surface area contributed by atoms with Gasteiger partial charge in [0.2, 0.25) is 0 Å². The van der Waals surface area contributed by atoms with Crippen LogP contribution in [0.3, 0.4) is 0 Å². The highest BCUT2D eigenvalue weighted by atomic mass is 31.1. The van der Waals surface area contributed by atoms with Crippen molar-refractivity contribution in [1.29, 1.82) is 0 Å². The molecule has 0 amide bonds. The summed E-state index contributed by atoms with van der Waals surface area (Å²) >= 11 is 0. The molecule has 1 atom stereocenters. The number of nitrogens with zero attached hydrogens (tertiary/aromatic N) is 2. The van der Waals surface area contributed by atoms with Crippen molar-refractivity contribution < 1.29 is 8.78 Å². The number of amidine groups is 1. The molecule has 1 saturated carbocycles. The number of alkyl halides is 2. The molecule has 0 saturated heterocycles. The second-order valence-electron chi connectivity index (χ2n) is 7.07. The molecule has 1 aromatic carbocycles. The normalized spacial score (nSPS) is 16.9. The fourth-order valence-electron chi connectivity index (χ4n) is 3.41. The van der Waals surface area contributed by atoms with Crippen molar-refractivity contribution in [2.45, 2.75) is 51.7 Å². The summed E-state index contributed by atoms with van der Waals surface area (Å²) in [5.41, 5.74) is 1.83. The summed E-state index contributed by atoms with van der Waals surface area (Å²) in [5.74, 6) is 1.51. The van der Waals surface area contributed by atoms with E-state index in [1.54, 1.807) is 18.3 Å². The SMILES string of the molecule is C=N/C=C(C)\C(=N/CNCc1ccccc1PC(F)F)NCC1CCCCC1. The van der Waals surface area contributed by atoms with Crippen molar-refractivity contribution in [1.82, 2.24) is 10.6 Å². The summed E-state index contributed by atoms with van der Waals surface area (Å²) in [5, 5.41) is 7.41. The van der Waals surface area contributed by atoms with Gasteiger partial charge in [-0.2, -0.15) is 0 Å². The smallest absolute Gasteiger partial charge is 0.256 e. The Kier molecular flexibility index (Phi) is 10.3. The van der Waals surface area contributed by atoms with Crippen molar-refractivity contribution in [3.63, 3.8) is 0 Å². The maximum Gasteiger partial charge on any atom is 0.256 e. The first-order valence-electron chi connectivity index (χ1n) is 9.84. The Hall–Kier alpha value is -1.65. The van der Waals surface area contributed by atoms with Crippen LogP contribution in [0, 0.1) is 5.92 Å². The van der Waals surface area contributed by atoms with E-state index in [-0.39, 0.29) is 0 Å². The molecule has 2 N–H and O–H groups in total. The Morgan fingerprint density at radius 1 is 1.29 bits per heavy atom. The van der Waals surface area contributed by atoms with Crippen LogP contribution in [-0.4, -0.2) is 31.9 Å². The minimum atomic E-state index is -2.31. The van der Waals surface area contributed by atoms with E-state index in [9.17, 15) is 8.78 Å². The zero-order valence-corrected chi connectivity index (χ0v) is 17.6. The maximum absolute atomic E-state index is 12.7. The van der Waals surface area contributed by atoms with Crippen LogP contribution in [0.15, 0.2) is 46.0 Å². The Balaban J connectivity index is 1.91. The first-order chi connectivity index (χ1) is 13.6. The van der Waals surface area contributed by atoms with Crippen LogP contribution in [-0.2, 0) is 6.54 Å². The molecule has 1 fully saturated rings. The van der Waals surface area contributed by atoms with Crippen LogP contribution in [0.5, 0.6) is 0 Å². The van der Waals surface area contributed by atoms with Gasteiger partial charge in [0.05, 0.1) is 6.67 Å². The standard InChI is InChI=1S/C21H31F2N4P/c1-16(12-24-2)20(26-13-17-8-4-3-5-9-17)27-15-25-14-18-10-6-7-11-19(18)28-21(22)23/h6-7,10-12,17,21,25,28H,2-5,8-9,13-15H2,1H3,(H,26,27)/b16-12-. The zero-order chi connectivity index (χ0) is 20.2. The molecule has 0 aliphatic heterocycles. The molecule has 0 aromatic heterocycles. The topological polar surface area (TPSA) is 48.8 Å². The van der Waals surface area contributed by atoms with Gasteiger partial charge in [0.15, 0.2) is 0 Å². The average Bonchev–Trinajstić information content (AvgIpc) is 2.69. The maximum atomic E-state index is 12.7. The van der Waals surface area contributed by atoms with Crippen LogP contribution < -0.4 is 15.9 Å². The Labute approximate surface area is 168 Å². The lowest BCUT2D eigenvalue weighted by Gasteiger charge is -2.23. The molecule has 154 valence electrons. The molecule has 1 aromatic rings. The lowest BCUT2D eigenvalue weighted by Crippen LogP contribution is -2.32. The molecular weight excluding hydrogens is 377 g/mol. The summed E-state index contributed by atoms with van der Waals surface area (Å²) in [7, 11) is -0.485. The fraction of sp³-hybridized carbons (Fsp3) is 0.524. The van der Waals surface area contributed by atoms with E-state index in [2.05, 4.69) is 27.3 Å². The van der Waals surface area contributed by atoms with E-state index in [0.29, 0.717) is 24.4 Å². The molecule has 1 aliphatic rings. The van der Waals surface area contributed by atoms with Gasteiger partial charge in [-0.3, -0.25) is 15.3 Å². The molecule has 0 spiro atoms. The Morgan fingerprint density at radius 2 is 2.04 bits per heavy atom. The zero-order valence-electron chi connectivity index (χ0n) is 16.6. The van der Waals surface area contributed by atoms with E-state index in [1.165, 1.54) is 32.1 Å². The summed E-state index contributed by atoms with van der Waals surface area (Å²) in [4.78, 5) is 8.47. The van der Waals surface area contributed by atoms with Gasteiger partial charge in [0, 0.05) is 24.9 Å². The molecular formula is C21H31F2N4P. The lowest BCUT2D eigenvalue weighted by molar-refractivity contribution is 0.249. The van der Waals surface area contributed by atoms with Crippen LogP contribution in [0.2, 0.25) is 0 Å². The largest absolute Gasteiger partial charge is 0.370 e. The lowest BCUT2D eigenvalue weighted by atomic mass is 9.89. The highest BCUT2D eigenvalue weighted by Gasteiger charge is 2.14. The van der Waals surface area contributed by atoms with Gasteiger partial charge >= 0.3 is 0 Å². The van der Waals surface area contributed by atoms with Crippen molar-refractivity contribution in [2.24, 2.45) is 15.9 Å². The number of hydrogen-bond donors (Lipinski definition) is 2.